The molecule has 1 aliphatic rings. The molecule has 20 heavy (non-hydrogen) atoms. The zero-order valence-corrected chi connectivity index (χ0v) is 12.1. The fourth-order valence-corrected chi connectivity index (χ4v) is 2.78. The Morgan fingerprint density at radius 2 is 1.95 bits per heavy atom. The van der Waals surface area contributed by atoms with Gasteiger partial charge in [-0.3, -0.25) is 14.9 Å². The Hall–Kier alpha value is -1.28. The highest BCUT2D eigenvalue weighted by Crippen LogP contribution is 2.17. The van der Waals surface area contributed by atoms with Crippen LogP contribution in [0, 0.1) is 0 Å². The number of nitrogens with one attached hydrogen (secondary N) is 2. The molecule has 1 fully saturated rings. The molecule has 1 aliphatic carbocycles. The summed E-state index contributed by atoms with van der Waals surface area (Å²) in [7, 11) is 0. The summed E-state index contributed by atoms with van der Waals surface area (Å²) in [5, 5.41) is 13.6. The van der Waals surface area contributed by atoms with Gasteiger partial charge in [0.25, 0.3) is 0 Å². The molecule has 7 nitrogen and oxygen atoms in total. The zero-order valence-electron chi connectivity index (χ0n) is 11.3. The minimum absolute atomic E-state index is 0.116. The average Bonchev–Trinajstić information content (AvgIpc) is 2.86. The Kier molecular flexibility index (Phi) is 7.38. The maximum atomic E-state index is 11.5. The molecule has 0 aliphatic heterocycles. The summed E-state index contributed by atoms with van der Waals surface area (Å²) in [4.78, 5) is 33.4. The van der Waals surface area contributed by atoms with Crippen molar-refractivity contribution in [2.45, 2.75) is 44.2 Å². The summed E-state index contributed by atoms with van der Waals surface area (Å²) in [6.07, 6.45) is 4.44. The number of imide groups is 1. The van der Waals surface area contributed by atoms with Crippen LogP contribution >= 0.6 is 11.8 Å². The predicted octanol–water partition coefficient (Wildman–Crippen LogP) is 0.290. The molecule has 0 aromatic heterocycles. The molecule has 1 unspecified atom stereocenters. The second-order valence-electron chi connectivity index (χ2n) is 4.79. The molecule has 114 valence electrons. The molecule has 1 saturated carbocycles. The van der Waals surface area contributed by atoms with Crippen molar-refractivity contribution in [2.75, 3.05) is 11.5 Å². The lowest BCUT2D eigenvalue weighted by atomic mass is 10.2. The largest absolute Gasteiger partial charge is 0.480 e. The molecule has 0 aromatic carbocycles. The first kappa shape index (κ1) is 16.8. The lowest BCUT2D eigenvalue weighted by molar-refractivity contribution is -0.138. The number of hydrogen-bond acceptors (Lipinski definition) is 5. The van der Waals surface area contributed by atoms with Crippen LogP contribution in [0.25, 0.3) is 0 Å². The minimum Gasteiger partial charge on any atom is -0.480 e. The maximum Gasteiger partial charge on any atom is 0.321 e. The van der Waals surface area contributed by atoms with Crippen molar-refractivity contribution in [1.82, 2.24) is 10.6 Å². The van der Waals surface area contributed by atoms with Crippen LogP contribution in [0.5, 0.6) is 0 Å². The molecule has 5 N–H and O–H groups in total. The van der Waals surface area contributed by atoms with E-state index in [4.69, 9.17) is 10.8 Å². The molecule has 8 heteroatoms. The van der Waals surface area contributed by atoms with Crippen LogP contribution in [0.2, 0.25) is 0 Å². The van der Waals surface area contributed by atoms with Gasteiger partial charge in [-0.25, -0.2) is 4.79 Å². The van der Waals surface area contributed by atoms with Crippen molar-refractivity contribution < 1.29 is 19.5 Å². The van der Waals surface area contributed by atoms with Crippen LogP contribution in [0.1, 0.15) is 32.1 Å². The van der Waals surface area contributed by atoms with E-state index in [0.29, 0.717) is 12.2 Å². The second kappa shape index (κ2) is 8.80. The summed E-state index contributed by atoms with van der Waals surface area (Å²) in [6.45, 7) is 0. The number of carbonyl (C=O) groups is 3. The highest BCUT2D eigenvalue weighted by atomic mass is 32.2. The number of carboxylic acids is 1. The maximum absolute atomic E-state index is 11.5. The quantitative estimate of drug-likeness (QED) is 0.502. The summed E-state index contributed by atoms with van der Waals surface area (Å²) >= 11 is 1.26. The van der Waals surface area contributed by atoms with E-state index < -0.39 is 18.0 Å². The van der Waals surface area contributed by atoms with Crippen molar-refractivity contribution in [3.8, 4) is 0 Å². The number of nitrogens with two attached hydrogens (primary N) is 1. The molecule has 0 radical (unpaired) electrons. The van der Waals surface area contributed by atoms with E-state index >= 15 is 0 Å². The van der Waals surface area contributed by atoms with Gasteiger partial charge in [-0.05, 0) is 25.0 Å². The number of carboxylic acid groups (broad SMARTS) is 1. The van der Waals surface area contributed by atoms with Crippen molar-refractivity contribution in [2.24, 2.45) is 5.73 Å². The fourth-order valence-electron chi connectivity index (χ4n) is 1.95. The van der Waals surface area contributed by atoms with Gasteiger partial charge in [0.1, 0.15) is 6.04 Å². The van der Waals surface area contributed by atoms with E-state index in [9.17, 15) is 14.4 Å². The molecule has 0 saturated heterocycles. The van der Waals surface area contributed by atoms with Crippen LogP contribution in [0.15, 0.2) is 0 Å². The first-order chi connectivity index (χ1) is 9.49. The Balaban J connectivity index is 2.07. The van der Waals surface area contributed by atoms with E-state index in [-0.39, 0.29) is 17.7 Å². The summed E-state index contributed by atoms with van der Waals surface area (Å²) in [5.41, 5.74) is 5.33. The average molecular weight is 303 g/mol. The lowest BCUT2D eigenvalue weighted by Gasteiger charge is -2.12. The number of rotatable bonds is 7. The van der Waals surface area contributed by atoms with Gasteiger partial charge >= 0.3 is 12.0 Å². The standard InChI is InChI=1S/C12H21N3O4S/c13-9(11(17)18)5-6-20-7-10(16)15-12(19)14-8-3-1-2-4-8/h8-9H,1-7,13H2,(H,17,18)(H2,14,15,16,19). The van der Waals surface area contributed by atoms with Gasteiger partial charge in [-0.1, -0.05) is 12.8 Å². The zero-order chi connectivity index (χ0) is 15.0. The predicted molar refractivity (Wildman–Crippen MR) is 76.5 cm³/mol. The van der Waals surface area contributed by atoms with Gasteiger partial charge < -0.3 is 16.2 Å². The van der Waals surface area contributed by atoms with Crippen molar-refractivity contribution in [3.63, 3.8) is 0 Å². The van der Waals surface area contributed by atoms with Crippen LogP contribution < -0.4 is 16.4 Å². The molecule has 0 aromatic rings. The van der Waals surface area contributed by atoms with Gasteiger partial charge in [-0.2, -0.15) is 11.8 Å². The molecule has 0 bridgehead atoms. The topological polar surface area (TPSA) is 122 Å². The summed E-state index contributed by atoms with van der Waals surface area (Å²) < 4.78 is 0. The van der Waals surface area contributed by atoms with Crippen LogP contribution in [0.4, 0.5) is 4.79 Å². The van der Waals surface area contributed by atoms with Crippen LogP contribution in [-0.4, -0.2) is 46.6 Å². The second-order valence-corrected chi connectivity index (χ2v) is 5.89. The Bertz CT molecular complexity index is 359. The number of hydrogen-bond donors (Lipinski definition) is 4. The van der Waals surface area contributed by atoms with E-state index in [1.807, 2.05) is 0 Å². The molecule has 1 atom stereocenters. The molecule has 3 amide bonds. The normalized spacial score (nSPS) is 16.6. The fraction of sp³-hybridized carbons (Fsp3) is 0.750. The third-order valence-corrected chi connectivity index (χ3v) is 4.06. The van der Waals surface area contributed by atoms with Gasteiger partial charge in [0.15, 0.2) is 0 Å². The van der Waals surface area contributed by atoms with Gasteiger partial charge in [0, 0.05) is 6.04 Å². The number of urea groups is 1. The smallest absolute Gasteiger partial charge is 0.321 e. The van der Waals surface area contributed by atoms with E-state index in [1.165, 1.54) is 11.8 Å². The minimum atomic E-state index is -1.05. The number of carbonyl (C=O) groups excluding carboxylic acids is 2. The molecular weight excluding hydrogens is 282 g/mol. The Morgan fingerprint density at radius 1 is 1.30 bits per heavy atom. The van der Waals surface area contributed by atoms with Crippen molar-refractivity contribution >= 4 is 29.7 Å². The Labute approximate surface area is 122 Å². The van der Waals surface area contributed by atoms with Gasteiger partial charge in [0.2, 0.25) is 5.91 Å². The lowest BCUT2D eigenvalue weighted by Crippen LogP contribution is -2.44. The summed E-state index contributed by atoms with van der Waals surface area (Å²) in [6, 6.07) is -1.19. The van der Waals surface area contributed by atoms with Crippen molar-refractivity contribution in [3.05, 3.63) is 0 Å². The third kappa shape index (κ3) is 6.76. The number of amides is 3. The van der Waals surface area contributed by atoms with Gasteiger partial charge in [-0.15, -0.1) is 0 Å². The third-order valence-electron chi connectivity index (χ3n) is 3.07. The molecule has 0 spiro atoms. The highest BCUT2D eigenvalue weighted by molar-refractivity contribution is 7.99. The highest BCUT2D eigenvalue weighted by Gasteiger charge is 2.18. The Morgan fingerprint density at radius 3 is 2.55 bits per heavy atom. The number of thioether (sulfide) groups is 1. The van der Waals surface area contributed by atoms with Gasteiger partial charge in [0.05, 0.1) is 5.75 Å². The molecule has 0 heterocycles. The van der Waals surface area contributed by atoms with Crippen LogP contribution in [0.3, 0.4) is 0 Å². The first-order valence-electron chi connectivity index (χ1n) is 6.65. The van der Waals surface area contributed by atoms with E-state index in [2.05, 4.69) is 10.6 Å². The summed E-state index contributed by atoms with van der Waals surface area (Å²) in [5.74, 6) is -0.851. The SMILES string of the molecule is NC(CCSCC(=O)NC(=O)NC1CCCC1)C(=O)O. The molecular formula is C12H21N3O4S. The molecule has 1 rings (SSSR count). The van der Waals surface area contributed by atoms with E-state index in [0.717, 1.165) is 25.7 Å². The number of aliphatic carboxylic acids is 1. The van der Waals surface area contributed by atoms with Crippen molar-refractivity contribution in [1.29, 1.82) is 0 Å². The van der Waals surface area contributed by atoms with E-state index in [1.54, 1.807) is 0 Å². The first-order valence-corrected chi connectivity index (χ1v) is 7.81. The monoisotopic (exact) mass is 303 g/mol. The van der Waals surface area contributed by atoms with Crippen LogP contribution in [-0.2, 0) is 9.59 Å².